The molecule has 3 aromatic heterocycles. The monoisotopic (exact) mass is 651 g/mol. The van der Waals surface area contributed by atoms with Gasteiger partial charge in [0.2, 0.25) is 0 Å². The van der Waals surface area contributed by atoms with E-state index in [4.69, 9.17) is 8.83 Å². The zero-order valence-electron chi connectivity index (χ0n) is 27.5. The first-order valence-electron chi connectivity index (χ1n) is 17.3. The topological polar surface area (TPSA) is 31.2 Å². The Morgan fingerprint density at radius 3 is 1.65 bits per heavy atom. The predicted molar refractivity (Wildman–Crippen MR) is 212 cm³/mol. The van der Waals surface area contributed by atoms with Gasteiger partial charge in [-0.2, -0.15) is 0 Å². The summed E-state index contributed by atoms with van der Waals surface area (Å²) in [6, 6.07) is 62.4. The first-order valence-corrected chi connectivity index (χ1v) is 17.3. The van der Waals surface area contributed by atoms with Crippen molar-refractivity contribution in [1.82, 2.24) is 4.57 Å². The van der Waals surface area contributed by atoms with E-state index in [1.807, 2.05) is 6.07 Å². The fourth-order valence-electron chi connectivity index (χ4n) is 8.03. The molecule has 0 fully saturated rings. The molecule has 11 rings (SSSR count). The lowest BCUT2D eigenvalue weighted by Crippen LogP contribution is -1.93. The number of aromatic nitrogens is 1. The van der Waals surface area contributed by atoms with E-state index < -0.39 is 0 Å². The van der Waals surface area contributed by atoms with Gasteiger partial charge in [0.05, 0.1) is 11.0 Å². The van der Waals surface area contributed by atoms with E-state index >= 15 is 0 Å². The van der Waals surface area contributed by atoms with E-state index in [1.165, 1.54) is 32.9 Å². The Labute approximate surface area is 293 Å². The minimum atomic E-state index is 0.865. The molecule has 0 aliphatic rings. The Morgan fingerprint density at radius 2 is 0.882 bits per heavy atom. The highest BCUT2D eigenvalue weighted by Gasteiger charge is 2.18. The lowest BCUT2D eigenvalue weighted by Gasteiger charge is -2.09. The molecule has 0 amide bonds. The minimum absolute atomic E-state index is 0.865. The molecule has 3 heteroatoms. The first kappa shape index (κ1) is 28.0. The molecule has 0 saturated carbocycles. The van der Waals surface area contributed by atoms with Crippen molar-refractivity contribution in [1.29, 1.82) is 0 Å². The molecule has 0 unspecified atom stereocenters. The summed E-state index contributed by atoms with van der Waals surface area (Å²) in [7, 11) is 0. The molecular formula is C48H29NO2. The number of furan rings is 2. The van der Waals surface area contributed by atoms with Crippen molar-refractivity contribution in [3.05, 3.63) is 176 Å². The van der Waals surface area contributed by atoms with Gasteiger partial charge in [-0.05, 0) is 70.8 Å². The predicted octanol–water partition coefficient (Wildman–Crippen LogP) is 13.6. The van der Waals surface area contributed by atoms with Gasteiger partial charge in [0, 0.05) is 49.1 Å². The molecular weight excluding hydrogens is 623 g/mol. The van der Waals surface area contributed by atoms with Crippen LogP contribution in [-0.4, -0.2) is 4.57 Å². The highest BCUT2D eigenvalue weighted by atomic mass is 16.3. The highest BCUT2D eigenvalue weighted by Crippen LogP contribution is 2.42. The lowest BCUT2D eigenvalue weighted by molar-refractivity contribution is 0.668. The first-order chi connectivity index (χ1) is 25.3. The van der Waals surface area contributed by atoms with Gasteiger partial charge >= 0.3 is 0 Å². The third-order valence-electron chi connectivity index (χ3n) is 10.4. The number of benzene rings is 8. The van der Waals surface area contributed by atoms with Crippen molar-refractivity contribution in [2.24, 2.45) is 0 Å². The maximum Gasteiger partial charge on any atom is 0.143 e. The molecule has 0 spiro atoms. The summed E-state index contributed by atoms with van der Waals surface area (Å²) in [5, 5.41) is 6.87. The van der Waals surface area contributed by atoms with Gasteiger partial charge in [0.25, 0.3) is 0 Å². The van der Waals surface area contributed by atoms with Crippen molar-refractivity contribution < 1.29 is 8.83 Å². The molecule has 0 radical (unpaired) electrons. The minimum Gasteiger partial charge on any atom is -0.456 e. The molecule has 8 aromatic carbocycles. The van der Waals surface area contributed by atoms with Gasteiger partial charge in [-0.25, -0.2) is 0 Å². The molecule has 0 saturated heterocycles. The lowest BCUT2D eigenvalue weighted by atomic mass is 9.99. The van der Waals surface area contributed by atoms with Gasteiger partial charge in [-0.3, -0.25) is 0 Å². The molecule has 238 valence electrons. The summed E-state index contributed by atoms with van der Waals surface area (Å²) in [6.07, 6.45) is 0. The van der Waals surface area contributed by atoms with Gasteiger partial charge in [-0.1, -0.05) is 127 Å². The van der Waals surface area contributed by atoms with Crippen LogP contribution in [0.1, 0.15) is 0 Å². The van der Waals surface area contributed by atoms with Crippen LogP contribution >= 0.6 is 0 Å². The Kier molecular flexibility index (Phi) is 5.96. The number of hydrogen-bond acceptors (Lipinski definition) is 2. The summed E-state index contributed by atoms with van der Waals surface area (Å²) in [5.74, 6) is 0. The average Bonchev–Trinajstić information content (AvgIpc) is 3.87. The molecule has 0 aliphatic heterocycles. The van der Waals surface area contributed by atoms with E-state index in [-0.39, 0.29) is 0 Å². The van der Waals surface area contributed by atoms with Crippen LogP contribution in [0.15, 0.2) is 185 Å². The van der Waals surface area contributed by atoms with E-state index in [0.29, 0.717) is 0 Å². The van der Waals surface area contributed by atoms with Gasteiger partial charge in [-0.15, -0.1) is 0 Å². The Balaban J connectivity index is 1.09. The fourth-order valence-corrected chi connectivity index (χ4v) is 8.03. The largest absolute Gasteiger partial charge is 0.456 e. The van der Waals surface area contributed by atoms with Crippen LogP contribution in [0.25, 0.3) is 105 Å². The van der Waals surface area contributed by atoms with Crippen molar-refractivity contribution in [2.75, 3.05) is 0 Å². The summed E-state index contributed by atoms with van der Waals surface area (Å²) in [6.45, 7) is 0. The SMILES string of the molecule is c1ccc(-c2ccc3c(c2)c2ccccc2n3-c2ccc3oc4ccc(-c5cccc6c5oc5c(-c7ccccc7)cccc56)cc4c3c2)cc1. The molecule has 51 heavy (non-hydrogen) atoms. The maximum absolute atomic E-state index is 6.76. The van der Waals surface area contributed by atoms with E-state index in [2.05, 4.69) is 174 Å². The number of nitrogens with zero attached hydrogens (tertiary/aromatic N) is 1. The van der Waals surface area contributed by atoms with Crippen LogP contribution < -0.4 is 0 Å². The third-order valence-corrected chi connectivity index (χ3v) is 10.4. The Hall–Kier alpha value is -6.84. The Bertz CT molecular complexity index is 3130. The van der Waals surface area contributed by atoms with Crippen molar-refractivity contribution >= 4 is 65.7 Å². The van der Waals surface area contributed by atoms with Gasteiger partial charge in [0.15, 0.2) is 0 Å². The maximum atomic E-state index is 6.76. The van der Waals surface area contributed by atoms with Crippen molar-refractivity contribution in [2.45, 2.75) is 0 Å². The second-order valence-electron chi connectivity index (χ2n) is 13.3. The summed E-state index contributed by atoms with van der Waals surface area (Å²) in [4.78, 5) is 0. The zero-order valence-corrected chi connectivity index (χ0v) is 27.5. The van der Waals surface area contributed by atoms with Crippen LogP contribution in [0.2, 0.25) is 0 Å². The normalized spacial score (nSPS) is 11.9. The van der Waals surface area contributed by atoms with Gasteiger partial charge in [0.1, 0.15) is 22.3 Å². The highest BCUT2D eigenvalue weighted by molar-refractivity contribution is 6.15. The fraction of sp³-hybridized carbons (Fsp3) is 0. The molecule has 11 aromatic rings. The third kappa shape index (κ3) is 4.25. The van der Waals surface area contributed by atoms with Crippen LogP contribution in [0.5, 0.6) is 0 Å². The molecule has 3 heterocycles. The molecule has 0 atom stereocenters. The second kappa shape index (κ2) is 10.8. The molecule has 0 aliphatic carbocycles. The quantitative estimate of drug-likeness (QED) is 0.190. The van der Waals surface area contributed by atoms with E-state index in [1.54, 1.807) is 0 Å². The van der Waals surface area contributed by atoms with Crippen LogP contribution in [0.4, 0.5) is 0 Å². The molecule has 3 nitrogen and oxygen atoms in total. The summed E-state index contributed by atoms with van der Waals surface area (Å²) < 4.78 is 15.6. The summed E-state index contributed by atoms with van der Waals surface area (Å²) in [5.41, 5.74) is 13.8. The Morgan fingerprint density at radius 1 is 0.314 bits per heavy atom. The van der Waals surface area contributed by atoms with E-state index in [0.717, 1.165) is 71.8 Å². The van der Waals surface area contributed by atoms with Crippen LogP contribution in [-0.2, 0) is 0 Å². The molecule has 0 N–H and O–H groups in total. The smallest absolute Gasteiger partial charge is 0.143 e. The number of para-hydroxylation sites is 3. The molecule has 0 bridgehead atoms. The van der Waals surface area contributed by atoms with Crippen molar-refractivity contribution in [3.8, 4) is 39.1 Å². The van der Waals surface area contributed by atoms with E-state index in [9.17, 15) is 0 Å². The van der Waals surface area contributed by atoms with Crippen LogP contribution in [0, 0.1) is 0 Å². The summed E-state index contributed by atoms with van der Waals surface area (Å²) >= 11 is 0. The standard InChI is InChI=1S/C48H29NO2/c1-3-11-30(12-4-1)32-21-24-44-40(27-32)37-15-7-8-20-43(37)49(44)34-23-26-46-42(29-34)41-28-33(22-25-45(41)50-46)36-17-10-19-39-38-18-9-16-35(47(38)51-48(36)39)31-13-5-2-6-14-31/h1-29H. The van der Waals surface area contributed by atoms with Crippen LogP contribution in [0.3, 0.4) is 0 Å². The van der Waals surface area contributed by atoms with Crippen molar-refractivity contribution in [3.63, 3.8) is 0 Å². The van der Waals surface area contributed by atoms with Gasteiger partial charge < -0.3 is 13.4 Å². The second-order valence-corrected chi connectivity index (χ2v) is 13.3. The average molecular weight is 652 g/mol. The number of fused-ring (bicyclic) bond motifs is 9. The zero-order chi connectivity index (χ0) is 33.5. The number of rotatable bonds is 4. The number of hydrogen-bond donors (Lipinski definition) is 0.